The van der Waals surface area contributed by atoms with Crippen molar-refractivity contribution in [2.24, 2.45) is 0 Å². The second-order valence-electron chi connectivity index (χ2n) is 4.22. The summed E-state index contributed by atoms with van der Waals surface area (Å²) < 4.78 is 5.17. The van der Waals surface area contributed by atoms with E-state index in [9.17, 15) is 4.79 Å². The van der Waals surface area contributed by atoms with Crippen molar-refractivity contribution in [3.05, 3.63) is 60.0 Å². The van der Waals surface area contributed by atoms with Crippen LogP contribution in [0, 0.1) is 6.92 Å². The molecule has 4 nitrogen and oxygen atoms in total. The smallest absolute Gasteiger partial charge is 0.252 e. The number of thioether (sulfide) groups is 1. The molecule has 0 aliphatic carbocycles. The van der Waals surface area contributed by atoms with Crippen LogP contribution < -0.4 is 5.32 Å². The summed E-state index contributed by atoms with van der Waals surface area (Å²) in [7, 11) is 0. The van der Waals surface area contributed by atoms with E-state index in [0.717, 1.165) is 16.3 Å². The largest absolute Gasteiger partial charge is 0.360 e. The van der Waals surface area contributed by atoms with Gasteiger partial charge in [-0.15, -0.1) is 18.3 Å². The number of hydrogen-bond acceptors (Lipinski definition) is 4. The van der Waals surface area contributed by atoms with Crippen LogP contribution in [-0.2, 0) is 5.75 Å². The van der Waals surface area contributed by atoms with E-state index in [1.165, 1.54) is 0 Å². The highest BCUT2D eigenvalue weighted by molar-refractivity contribution is 7.98. The van der Waals surface area contributed by atoms with Crippen molar-refractivity contribution in [3.8, 4) is 0 Å². The molecule has 1 heterocycles. The molecule has 0 aliphatic heterocycles. The number of nitrogens with one attached hydrogen (secondary N) is 1. The van der Waals surface area contributed by atoms with Crippen LogP contribution in [0.4, 0.5) is 0 Å². The molecule has 20 heavy (non-hydrogen) atoms. The number of nitrogens with zero attached hydrogens (tertiary/aromatic N) is 1. The van der Waals surface area contributed by atoms with E-state index < -0.39 is 0 Å². The monoisotopic (exact) mass is 288 g/mol. The fraction of sp³-hybridized carbons (Fsp3) is 0.200. The molecule has 0 radical (unpaired) electrons. The Hall–Kier alpha value is -2.01. The molecule has 0 spiro atoms. The maximum absolute atomic E-state index is 12.0. The third-order valence-electron chi connectivity index (χ3n) is 2.59. The number of hydrogen-bond donors (Lipinski definition) is 1. The van der Waals surface area contributed by atoms with E-state index in [1.54, 1.807) is 17.8 Å². The van der Waals surface area contributed by atoms with Crippen molar-refractivity contribution in [3.63, 3.8) is 0 Å². The highest BCUT2D eigenvalue weighted by Gasteiger charge is 2.11. The molecule has 2 rings (SSSR count). The Morgan fingerprint density at radius 2 is 2.30 bits per heavy atom. The lowest BCUT2D eigenvalue weighted by Gasteiger charge is -2.07. The second kappa shape index (κ2) is 6.96. The lowest BCUT2D eigenvalue weighted by atomic mass is 10.2. The Bertz CT molecular complexity index is 607. The second-order valence-corrected chi connectivity index (χ2v) is 5.24. The Labute approximate surface area is 122 Å². The van der Waals surface area contributed by atoms with Gasteiger partial charge in [0.2, 0.25) is 0 Å². The number of aromatic nitrogens is 1. The molecule has 0 unspecified atom stereocenters. The molecule has 0 atom stereocenters. The van der Waals surface area contributed by atoms with Gasteiger partial charge in [0.1, 0.15) is 5.76 Å². The molecule has 0 saturated carbocycles. The van der Waals surface area contributed by atoms with Crippen LogP contribution in [0.15, 0.2) is 52.4 Å². The molecule has 2 aromatic rings. The normalized spacial score (nSPS) is 10.2. The standard InChI is InChI=1S/C15H16N2O2S/c1-3-8-16-15(18)13-6-4-5-7-14(13)20-10-12-9-11(2)17-19-12/h3-7,9H,1,8,10H2,2H3,(H,16,18). The molecule has 0 fully saturated rings. The van der Waals surface area contributed by atoms with Crippen LogP contribution in [-0.4, -0.2) is 17.6 Å². The van der Waals surface area contributed by atoms with Crippen molar-refractivity contribution in [2.75, 3.05) is 6.54 Å². The minimum absolute atomic E-state index is 0.0956. The quantitative estimate of drug-likeness (QED) is 0.655. The summed E-state index contributed by atoms with van der Waals surface area (Å²) in [5, 5.41) is 6.63. The van der Waals surface area contributed by atoms with Crippen LogP contribution >= 0.6 is 11.8 Å². The fourth-order valence-electron chi connectivity index (χ4n) is 1.67. The molecular weight excluding hydrogens is 272 g/mol. The Morgan fingerprint density at radius 1 is 1.50 bits per heavy atom. The van der Waals surface area contributed by atoms with Gasteiger partial charge >= 0.3 is 0 Å². The molecule has 0 bridgehead atoms. The van der Waals surface area contributed by atoms with Crippen molar-refractivity contribution >= 4 is 17.7 Å². The van der Waals surface area contributed by atoms with Crippen molar-refractivity contribution in [1.82, 2.24) is 10.5 Å². The summed E-state index contributed by atoms with van der Waals surface area (Å²) in [5.74, 6) is 1.35. The molecule has 5 heteroatoms. The molecule has 1 aromatic heterocycles. The van der Waals surface area contributed by atoms with Gasteiger partial charge in [-0.05, 0) is 19.1 Å². The fourth-order valence-corrected chi connectivity index (χ4v) is 2.60. The summed E-state index contributed by atoms with van der Waals surface area (Å²) in [4.78, 5) is 13.0. The first kappa shape index (κ1) is 14.4. The van der Waals surface area contributed by atoms with Crippen LogP contribution in [0.3, 0.4) is 0 Å². The van der Waals surface area contributed by atoms with Crippen molar-refractivity contribution in [2.45, 2.75) is 17.6 Å². The minimum atomic E-state index is -0.0956. The van der Waals surface area contributed by atoms with Gasteiger partial charge in [0, 0.05) is 17.5 Å². The van der Waals surface area contributed by atoms with E-state index in [0.29, 0.717) is 17.9 Å². The highest BCUT2D eigenvalue weighted by Crippen LogP contribution is 2.26. The van der Waals surface area contributed by atoms with Crippen molar-refractivity contribution < 1.29 is 9.32 Å². The van der Waals surface area contributed by atoms with Gasteiger partial charge in [-0.3, -0.25) is 4.79 Å². The molecule has 0 aliphatic rings. The van der Waals surface area contributed by atoms with Gasteiger partial charge in [0.15, 0.2) is 0 Å². The van der Waals surface area contributed by atoms with Crippen LogP contribution in [0.25, 0.3) is 0 Å². The summed E-state index contributed by atoms with van der Waals surface area (Å²) >= 11 is 1.55. The Balaban J connectivity index is 2.07. The predicted molar refractivity (Wildman–Crippen MR) is 79.8 cm³/mol. The van der Waals surface area contributed by atoms with Gasteiger partial charge < -0.3 is 9.84 Å². The molecule has 1 N–H and O–H groups in total. The van der Waals surface area contributed by atoms with E-state index >= 15 is 0 Å². The summed E-state index contributed by atoms with van der Waals surface area (Å²) in [5.41, 5.74) is 1.52. The zero-order valence-electron chi connectivity index (χ0n) is 11.3. The third-order valence-corrected chi connectivity index (χ3v) is 3.68. The Morgan fingerprint density at radius 3 is 3.00 bits per heavy atom. The number of benzene rings is 1. The maximum Gasteiger partial charge on any atom is 0.252 e. The lowest BCUT2D eigenvalue weighted by molar-refractivity contribution is 0.0955. The SMILES string of the molecule is C=CCNC(=O)c1ccccc1SCc1cc(C)no1. The van der Waals surface area contributed by atoms with E-state index in [2.05, 4.69) is 17.1 Å². The number of carbonyl (C=O) groups excluding carboxylic acids is 1. The predicted octanol–water partition coefficient (Wildman–Crippen LogP) is 3.19. The number of carbonyl (C=O) groups is 1. The van der Waals surface area contributed by atoms with Crippen molar-refractivity contribution in [1.29, 1.82) is 0 Å². The third kappa shape index (κ3) is 3.74. The number of aryl methyl sites for hydroxylation is 1. The summed E-state index contributed by atoms with van der Waals surface area (Å²) in [6, 6.07) is 9.40. The van der Waals surface area contributed by atoms with E-state index in [4.69, 9.17) is 4.52 Å². The van der Waals surface area contributed by atoms with Gasteiger partial charge in [0.05, 0.1) is 17.0 Å². The van der Waals surface area contributed by atoms with Crippen LogP contribution in [0.1, 0.15) is 21.8 Å². The summed E-state index contributed by atoms with van der Waals surface area (Å²) in [6.07, 6.45) is 1.66. The zero-order chi connectivity index (χ0) is 14.4. The van der Waals surface area contributed by atoms with Gasteiger partial charge in [-0.2, -0.15) is 0 Å². The average molecular weight is 288 g/mol. The van der Waals surface area contributed by atoms with Gasteiger partial charge in [0.25, 0.3) is 5.91 Å². The Kier molecular flexibility index (Phi) is 5.01. The number of amides is 1. The van der Waals surface area contributed by atoms with Gasteiger partial charge in [-0.1, -0.05) is 23.4 Å². The first-order chi connectivity index (χ1) is 9.70. The maximum atomic E-state index is 12.0. The minimum Gasteiger partial charge on any atom is -0.360 e. The average Bonchev–Trinajstić information content (AvgIpc) is 2.88. The molecular formula is C15H16N2O2S. The molecule has 0 saturated heterocycles. The zero-order valence-corrected chi connectivity index (χ0v) is 12.1. The number of rotatable bonds is 6. The topological polar surface area (TPSA) is 55.1 Å². The first-order valence-corrected chi connectivity index (χ1v) is 7.22. The first-order valence-electron chi connectivity index (χ1n) is 6.24. The highest BCUT2D eigenvalue weighted by atomic mass is 32.2. The molecule has 1 aromatic carbocycles. The molecule has 1 amide bonds. The molecule has 104 valence electrons. The van der Waals surface area contributed by atoms with E-state index in [-0.39, 0.29) is 5.91 Å². The van der Waals surface area contributed by atoms with Gasteiger partial charge in [-0.25, -0.2) is 0 Å². The van der Waals surface area contributed by atoms with E-state index in [1.807, 2.05) is 37.3 Å². The van der Waals surface area contributed by atoms with Crippen LogP contribution in [0.2, 0.25) is 0 Å². The van der Waals surface area contributed by atoms with Crippen LogP contribution in [0.5, 0.6) is 0 Å². The lowest BCUT2D eigenvalue weighted by Crippen LogP contribution is -2.23. The summed E-state index contributed by atoms with van der Waals surface area (Å²) in [6.45, 7) is 5.93.